The third-order valence-electron chi connectivity index (χ3n) is 2.38. The van der Waals surface area contributed by atoms with Crippen molar-refractivity contribution in [3.05, 3.63) is 5.92 Å². The van der Waals surface area contributed by atoms with Crippen LogP contribution in [0.1, 0.15) is 20.3 Å². The Bertz CT molecular complexity index is 228. The van der Waals surface area contributed by atoms with Crippen LogP contribution in [0.15, 0.2) is 0 Å². The van der Waals surface area contributed by atoms with Gasteiger partial charge < -0.3 is 9.47 Å². The summed E-state index contributed by atoms with van der Waals surface area (Å²) in [7, 11) is 0. The smallest absolute Gasteiger partial charge is 0.314 e. The van der Waals surface area contributed by atoms with E-state index in [9.17, 15) is 9.59 Å². The second kappa shape index (κ2) is 6.48. The normalized spacial score (nSPS) is 21.5. The Balaban J connectivity index is 2.63. The zero-order chi connectivity index (χ0) is 12.0. The fourth-order valence-electron chi connectivity index (χ4n) is 1.63. The van der Waals surface area contributed by atoms with Gasteiger partial charge in [-0.3, -0.25) is 9.59 Å². The molecule has 1 heterocycles. The highest BCUT2D eigenvalue weighted by Gasteiger charge is 2.38. The van der Waals surface area contributed by atoms with E-state index in [4.69, 9.17) is 9.47 Å². The van der Waals surface area contributed by atoms with Crippen molar-refractivity contribution in [1.82, 2.24) is 5.32 Å². The molecule has 1 atom stereocenters. The minimum atomic E-state index is -0.548. The largest absolute Gasteiger partial charge is 0.466 e. The number of esters is 2. The van der Waals surface area contributed by atoms with Crippen molar-refractivity contribution in [2.45, 2.75) is 20.3 Å². The molecule has 2 radical (unpaired) electrons. The second-order valence-electron chi connectivity index (χ2n) is 3.43. The number of hydrogen-bond acceptors (Lipinski definition) is 4. The number of ether oxygens (including phenoxy) is 2. The lowest BCUT2D eigenvalue weighted by molar-refractivity contribution is -0.153. The van der Waals surface area contributed by atoms with Crippen LogP contribution in [0.4, 0.5) is 0 Å². The zero-order valence-corrected chi connectivity index (χ0v) is 9.69. The van der Waals surface area contributed by atoms with E-state index in [1.807, 2.05) is 0 Å². The molecule has 0 aromatic carbocycles. The van der Waals surface area contributed by atoms with Crippen molar-refractivity contribution in [2.75, 3.05) is 26.3 Å². The van der Waals surface area contributed by atoms with Crippen molar-refractivity contribution < 1.29 is 19.1 Å². The van der Waals surface area contributed by atoms with E-state index in [1.165, 1.54) is 0 Å². The first-order valence-electron chi connectivity index (χ1n) is 5.53. The first kappa shape index (κ1) is 13.0. The van der Waals surface area contributed by atoms with Crippen LogP contribution >= 0.6 is 0 Å². The van der Waals surface area contributed by atoms with Crippen molar-refractivity contribution >= 4 is 11.9 Å². The Labute approximate surface area is 95.5 Å². The number of carbonyl (C=O) groups excluding carboxylic acids is 2. The van der Waals surface area contributed by atoms with E-state index < -0.39 is 11.9 Å². The maximum absolute atomic E-state index is 11.6. The van der Waals surface area contributed by atoms with Crippen LogP contribution in [0, 0.1) is 11.8 Å². The lowest BCUT2D eigenvalue weighted by atomic mass is 9.86. The predicted molar refractivity (Wildman–Crippen MR) is 56.5 cm³/mol. The van der Waals surface area contributed by atoms with Crippen molar-refractivity contribution in [1.29, 1.82) is 0 Å². The van der Waals surface area contributed by atoms with Gasteiger partial charge in [0.15, 0.2) is 0 Å². The van der Waals surface area contributed by atoms with Crippen LogP contribution in [0.5, 0.6) is 0 Å². The van der Waals surface area contributed by atoms with Gasteiger partial charge in [0, 0.05) is 13.1 Å². The Morgan fingerprint density at radius 2 is 2.00 bits per heavy atom. The van der Waals surface area contributed by atoms with Gasteiger partial charge in [-0.1, -0.05) is 0 Å². The summed E-state index contributed by atoms with van der Waals surface area (Å²) >= 11 is 0. The topological polar surface area (TPSA) is 66.7 Å². The van der Waals surface area contributed by atoms with E-state index in [0.29, 0.717) is 38.6 Å². The number of rotatable bonds is 4. The van der Waals surface area contributed by atoms with Crippen molar-refractivity contribution in [2.24, 2.45) is 5.92 Å². The highest BCUT2D eigenvalue weighted by atomic mass is 16.5. The summed E-state index contributed by atoms with van der Waals surface area (Å²) in [4.78, 5) is 23.2. The Hall–Kier alpha value is -1.10. The van der Waals surface area contributed by atoms with Crippen LogP contribution in [-0.2, 0) is 19.1 Å². The molecule has 0 saturated carbocycles. The minimum Gasteiger partial charge on any atom is -0.466 e. The van der Waals surface area contributed by atoms with Gasteiger partial charge in [0.1, 0.15) is 5.92 Å². The maximum Gasteiger partial charge on any atom is 0.314 e. The standard InChI is InChI=1S/C11H17NO4/c1-3-15-10(13)8-5-6-12-7-9(8)11(14)16-4-2/h9H,3-7H2,1-2H3. The van der Waals surface area contributed by atoms with Gasteiger partial charge in [-0.05, 0) is 20.3 Å². The molecule has 1 unspecified atom stereocenters. The Morgan fingerprint density at radius 1 is 1.31 bits per heavy atom. The van der Waals surface area contributed by atoms with Gasteiger partial charge in [-0.2, -0.15) is 0 Å². The molecule has 16 heavy (non-hydrogen) atoms. The van der Waals surface area contributed by atoms with Crippen LogP contribution in [-0.4, -0.2) is 38.2 Å². The summed E-state index contributed by atoms with van der Waals surface area (Å²) in [6, 6.07) is 0. The summed E-state index contributed by atoms with van der Waals surface area (Å²) in [5.74, 6) is -0.826. The third kappa shape index (κ3) is 3.20. The summed E-state index contributed by atoms with van der Waals surface area (Å²) in [6.07, 6.45) is 0.488. The lowest BCUT2D eigenvalue weighted by Crippen LogP contribution is -2.41. The first-order chi connectivity index (χ1) is 7.70. The van der Waals surface area contributed by atoms with E-state index in [2.05, 4.69) is 5.32 Å². The number of hydrogen-bond donors (Lipinski definition) is 0. The molecule has 1 aliphatic heterocycles. The van der Waals surface area contributed by atoms with E-state index >= 15 is 0 Å². The summed E-state index contributed by atoms with van der Waals surface area (Å²) in [6.45, 7) is 5.00. The van der Waals surface area contributed by atoms with Crippen LogP contribution < -0.4 is 5.32 Å². The van der Waals surface area contributed by atoms with Gasteiger partial charge in [0.05, 0.1) is 19.1 Å². The molecule has 1 saturated heterocycles. The molecule has 5 nitrogen and oxygen atoms in total. The monoisotopic (exact) mass is 227 g/mol. The SMILES string of the molecule is CCOC(=O)[C]1CC[N]CC1C(=O)OCC. The van der Waals surface area contributed by atoms with Crippen molar-refractivity contribution in [3.8, 4) is 0 Å². The predicted octanol–water partition coefficient (Wildman–Crippen LogP) is 0.311. The number of piperidine rings is 1. The summed E-state index contributed by atoms with van der Waals surface area (Å²) < 4.78 is 9.83. The summed E-state index contributed by atoms with van der Waals surface area (Å²) in [5.41, 5.74) is 0. The average molecular weight is 227 g/mol. The molecule has 0 bridgehead atoms. The molecule has 0 aromatic rings. The molecular weight excluding hydrogens is 210 g/mol. The van der Waals surface area contributed by atoms with Crippen LogP contribution in [0.3, 0.4) is 0 Å². The highest BCUT2D eigenvalue weighted by Crippen LogP contribution is 2.24. The third-order valence-corrected chi connectivity index (χ3v) is 2.38. The zero-order valence-electron chi connectivity index (χ0n) is 9.69. The second-order valence-corrected chi connectivity index (χ2v) is 3.43. The molecule has 0 amide bonds. The molecule has 0 N–H and O–H groups in total. The van der Waals surface area contributed by atoms with Crippen LogP contribution in [0.2, 0.25) is 0 Å². The fourth-order valence-corrected chi connectivity index (χ4v) is 1.63. The summed E-state index contributed by atoms with van der Waals surface area (Å²) in [5, 5.41) is 4.13. The molecule has 1 aliphatic rings. The number of nitrogens with zero attached hydrogens (tertiary/aromatic N) is 1. The van der Waals surface area contributed by atoms with Gasteiger partial charge in [-0.25, -0.2) is 5.32 Å². The highest BCUT2D eigenvalue weighted by molar-refractivity contribution is 5.92. The average Bonchev–Trinajstić information content (AvgIpc) is 2.30. The molecule has 90 valence electrons. The van der Waals surface area contributed by atoms with Gasteiger partial charge in [-0.15, -0.1) is 0 Å². The molecule has 5 heteroatoms. The molecule has 0 spiro atoms. The first-order valence-corrected chi connectivity index (χ1v) is 5.53. The molecule has 0 aliphatic carbocycles. The lowest BCUT2D eigenvalue weighted by Gasteiger charge is -2.27. The quantitative estimate of drug-likeness (QED) is 0.648. The van der Waals surface area contributed by atoms with E-state index in [1.54, 1.807) is 13.8 Å². The van der Waals surface area contributed by atoms with Gasteiger partial charge >= 0.3 is 11.9 Å². The van der Waals surface area contributed by atoms with E-state index in [-0.39, 0.29) is 5.97 Å². The number of carbonyl (C=O) groups is 2. The molecular formula is C11H17NO4. The van der Waals surface area contributed by atoms with Gasteiger partial charge in [0.2, 0.25) is 0 Å². The van der Waals surface area contributed by atoms with Crippen molar-refractivity contribution in [3.63, 3.8) is 0 Å². The minimum absolute atomic E-state index is 0.311. The maximum atomic E-state index is 11.6. The Morgan fingerprint density at radius 3 is 2.62 bits per heavy atom. The molecule has 1 rings (SSSR count). The van der Waals surface area contributed by atoms with Crippen LogP contribution in [0.25, 0.3) is 0 Å². The Kier molecular flexibility index (Phi) is 5.25. The van der Waals surface area contributed by atoms with Gasteiger partial charge in [0.25, 0.3) is 0 Å². The molecule has 1 fully saturated rings. The van der Waals surface area contributed by atoms with E-state index in [0.717, 1.165) is 0 Å². The fraction of sp³-hybridized carbons (Fsp3) is 0.727. The molecule has 0 aromatic heterocycles.